The highest BCUT2D eigenvalue weighted by Gasteiger charge is 2.21. The molecule has 0 aliphatic heterocycles. The molecule has 0 saturated heterocycles. The number of aromatic carboxylic acids is 1. The van der Waals surface area contributed by atoms with Crippen molar-refractivity contribution in [1.82, 2.24) is 4.98 Å². The van der Waals surface area contributed by atoms with Crippen LogP contribution in [-0.4, -0.2) is 23.1 Å². The first-order chi connectivity index (χ1) is 9.00. The van der Waals surface area contributed by atoms with E-state index in [9.17, 15) is 9.90 Å². The first kappa shape index (κ1) is 13.5. The van der Waals surface area contributed by atoms with Gasteiger partial charge in [0.05, 0.1) is 5.69 Å². The van der Waals surface area contributed by atoms with Gasteiger partial charge in [-0.2, -0.15) is 0 Å². The van der Waals surface area contributed by atoms with E-state index in [1.165, 1.54) is 11.3 Å². The second-order valence-corrected chi connectivity index (χ2v) is 5.54. The lowest BCUT2D eigenvalue weighted by Gasteiger charge is -2.15. The SMILES string of the molecule is CC(C)c1nc(N(C)c2ccccc2)sc1C(=O)O. The molecule has 5 heteroatoms. The van der Waals surface area contributed by atoms with Crippen LogP contribution in [0.2, 0.25) is 0 Å². The molecule has 0 unspecified atom stereocenters. The number of carbonyl (C=O) groups is 1. The molecule has 0 radical (unpaired) electrons. The van der Waals surface area contributed by atoms with Gasteiger partial charge in [0.1, 0.15) is 4.88 Å². The number of nitrogens with zero attached hydrogens (tertiary/aromatic N) is 2. The van der Waals surface area contributed by atoms with E-state index >= 15 is 0 Å². The molecule has 0 bridgehead atoms. The topological polar surface area (TPSA) is 53.4 Å². The summed E-state index contributed by atoms with van der Waals surface area (Å²) in [6, 6.07) is 9.77. The van der Waals surface area contributed by atoms with Crippen LogP contribution in [0.1, 0.15) is 35.1 Å². The molecule has 2 aromatic rings. The third-order valence-electron chi connectivity index (χ3n) is 2.81. The van der Waals surface area contributed by atoms with Crippen molar-refractivity contribution in [2.45, 2.75) is 19.8 Å². The molecule has 1 heterocycles. The summed E-state index contributed by atoms with van der Waals surface area (Å²) in [5.74, 6) is -0.811. The van der Waals surface area contributed by atoms with Crippen molar-refractivity contribution < 1.29 is 9.90 Å². The van der Waals surface area contributed by atoms with Crippen molar-refractivity contribution in [2.75, 3.05) is 11.9 Å². The van der Waals surface area contributed by atoms with Gasteiger partial charge in [-0.1, -0.05) is 43.4 Å². The average molecular weight is 276 g/mol. The first-order valence-electron chi connectivity index (χ1n) is 6.03. The fourth-order valence-corrected chi connectivity index (χ4v) is 2.81. The molecule has 2 rings (SSSR count). The number of anilines is 2. The Kier molecular flexibility index (Phi) is 3.85. The van der Waals surface area contributed by atoms with Crippen LogP contribution in [0.3, 0.4) is 0 Å². The number of thiazole rings is 1. The molecule has 0 spiro atoms. The van der Waals surface area contributed by atoms with Crippen LogP contribution < -0.4 is 4.90 Å². The Balaban J connectivity index is 2.41. The Morgan fingerprint density at radius 3 is 2.42 bits per heavy atom. The third kappa shape index (κ3) is 2.76. The Labute approximate surface area is 116 Å². The molecule has 0 fully saturated rings. The van der Waals surface area contributed by atoms with E-state index in [0.717, 1.165) is 5.69 Å². The van der Waals surface area contributed by atoms with Crippen molar-refractivity contribution in [3.05, 3.63) is 40.9 Å². The predicted molar refractivity (Wildman–Crippen MR) is 77.7 cm³/mol. The molecule has 0 saturated carbocycles. The second-order valence-electron chi connectivity index (χ2n) is 4.57. The minimum atomic E-state index is -0.908. The summed E-state index contributed by atoms with van der Waals surface area (Å²) in [4.78, 5) is 18.0. The number of rotatable bonds is 4. The van der Waals surface area contributed by atoms with Crippen LogP contribution in [0.15, 0.2) is 30.3 Å². The Morgan fingerprint density at radius 2 is 1.95 bits per heavy atom. The van der Waals surface area contributed by atoms with Crippen molar-refractivity contribution in [1.29, 1.82) is 0 Å². The molecule has 0 atom stereocenters. The second kappa shape index (κ2) is 5.40. The summed E-state index contributed by atoms with van der Waals surface area (Å²) < 4.78 is 0. The average Bonchev–Trinajstić information content (AvgIpc) is 2.84. The standard InChI is InChI=1S/C14H16N2O2S/c1-9(2)11-12(13(17)18)19-14(15-11)16(3)10-7-5-4-6-8-10/h4-9H,1-3H3,(H,17,18). The predicted octanol–water partition coefficient (Wildman–Crippen LogP) is 3.73. The van der Waals surface area contributed by atoms with Crippen LogP contribution in [-0.2, 0) is 0 Å². The Bertz CT molecular complexity index is 578. The lowest BCUT2D eigenvalue weighted by Crippen LogP contribution is -2.08. The smallest absolute Gasteiger partial charge is 0.347 e. The highest BCUT2D eigenvalue weighted by Crippen LogP contribution is 2.33. The summed E-state index contributed by atoms with van der Waals surface area (Å²) in [6.07, 6.45) is 0. The van der Waals surface area contributed by atoms with E-state index in [0.29, 0.717) is 15.7 Å². The van der Waals surface area contributed by atoms with Gasteiger partial charge < -0.3 is 10.0 Å². The molecule has 19 heavy (non-hydrogen) atoms. The number of carboxylic acids is 1. The van der Waals surface area contributed by atoms with Crippen molar-refractivity contribution >= 4 is 28.1 Å². The van der Waals surface area contributed by atoms with E-state index in [1.807, 2.05) is 56.1 Å². The van der Waals surface area contributed by atoms with E-state index in [4.69, 9.17) is 0 Å². The van der Waals surface area contributed by atoms with Crippen LogP contribution >= 0.6 is 11.3 Å². The first-order valence-corrected chi connectivity index (χ1v) is 6.85. The third-order valence-corrected chi connectivity index (χ3v) is 3.95. The maximum absolute atomic E-state index is 11.3. The van der Waals surface area contributed by atoms with Crippen molar-refractivity contribution in [2.24, 2.45) is 0 Å². The van der Waals surface area contributed by atoms with E-state index < -0.39 is 5.97 Å². The van der Waals surface area contributed by atoms with Crippen molar-refractivity contribution in [3.63, 3.8) is 0 Å². The molecule has 4 nitrogen and oxygen atoms in total. The molecular weight excluding hydrogens is 260 g/mol. The highest BCUT2D eigenvalue weighted by atomic mass is 32.1. The van der Waals surface area contributed by atoms with Gasteiger partial charge in [0.15, 0.2) is 5.13 Å². The zero-order chi connectivity index (χ0) is 14.0. The highest BCUT2D eigenvalue weighted by molar-refractivity contribution is 7.17. The number of hydrogen-bond donors (Lipinski definition) is 1. The Morgan fingerprint density at radius 1 is 1.32 bits per heavy atom. The fraction of sp³-hybridized carbons (Fsp3) is 0.286. The van der Waals surface area contributed by atoms with E-state index in [-0.39, 0.29) is 5.92 Å². The van der Waals surface area contributed by atoms with Crippen LogP contribution in [0.25, 0.3) is 0 Å². The minimum Gasteiger partial charge on any atom is -0.477 e. The summed E-state index contributed by atoms with van der Waals surface area (Å²) in [7, 11) is 1.89. The molecule has 100 valence electrons. The van der Waals surface area contributed by atoms with Gasteiger partial charge >= 0.3 is 5.97 Å². The zero-order valence-corrected chi connectivity index (χ0v) is 11.9. The normalized spacial score (nSPS) is 10.7. The molecule has 1 N–H and O–H groups in total. The lowest BCUT2D eigenvalue weighted by molar-refractivity contribution is 0.0700. The zero-order valence-electron chi connectivity index (χ0n) is 11.1. The number of para-hydroxylation sites is 1. The van der Waals surface area contributed by atoms with Gasteiger partial charge in [0.25, 0.3) is 0 Å². The Hall–Kier alpha value is -1.88. The number of carboxylic acid groups (broad SMARTS) is 1. The van der Waals surface area contributed by atoms with Gasteiger partial charge in [0.2, 0.25) is 0 Å². The molecule has 0 amide bonds. The maximum Gasteiger partial charge on any atom is 0.347 e. The largest absolute Gasteiger partial charge is 0.477 e. The number of hydrogen-bond acceptors (Lipinski definition) is 4. The summed E-state index contributed by atoms with van der Waals surface area (Å²) in [6.45, 7) is 3.90. The molecule has 1 aromatic heterocycles. The number of benzene rings is 1. The molecule has 0 aliphatic carbocycles. The van der Waals surface area contributed by atoms with Crippen LogP contribution in [0, 0.1) is 0 Å². The number of aromatic nitrogens is 1. The quantitative estimate of drug-likeness (QED) is 0.924. The van der Waals surface area contributed by atoms with Gasteiger partial charge in [-0.25, -0.2) is 9.78 Å². The van der Waals surface area contributed by atoms with Crippen molar-refractivity contribution in [3.8, 4) is 0 Å². The molecular formula is C14H16N2O2S. The maximum atomic E-state index is 11.3. The summed E-state index contributed by atoms with van der Waals surface area (Å²) in [5.41, 5.74) is 1.64. The molecule has 1 aromatic carbocycles. The van der Waals surface area contributed by atoms with Gasteiger partial charge in [-0.15, -0.1) is 0 Å². The van der Waals surface area contributed by atoms with Gasteiger partial charge in [0, 0.05) is 12.7 Å². The lowest BCUT2D eigenvalue weighted by atomic mass is 10.1. The fourth-order valence-electron chi connectivity index (χ4n) is 1.77. The van der Waals surface area contributed by atoms with E-state index in [2.05, 4.69) is 4.98 Å². The van der Waals surface area contributed by atoms with Gasteiger partial charge in [-0.05, 0) is 18.1 Å². The molecule has 0 aliphatic rings. The summed E-state index contributed by atoms with van der Waals surface area (Å²) in [5, 5.41) is 9.93. The summed E-state index contributed by atoms with van der Waals surface area (Å²) >= 11 is 1.21. The van der Waals surface area contributed by atoms with Gasteiger partial charge in [-0.3, -0.25) is 0 Å². The minimum absolute atomic E-state index is 0.0975. The van der Waals surface area contributed by atoms with Crippen LogP contribution in [0.4, 0.5) is 10.8 Å². The van der Waals surface area contributed by atoms with Crippen LogP contribution in [0.5, 0.6) is 0 Å². The monoisotopic (exact) mass is 276 g/mol. The van der Waals surface area contributed by atoms with E-state index in [1.54, 1.807) is 0 Å².